The van der Waals surface area contributed by atoms with E-state index >= 15 is 0 Å². The number of fused-ring (bicyclic) bond motifs is 5. The molecule has 1 heteroatoms. The summed E-state index contributed by atoms with van der Waals surface area (Å²) in [5.41, 5.74) is 3.17. The van der Waals surface area contributed by atoms with E-state index in [1.807, 2.05) is 5.71 Å². The number of nitrogens with zero attached hydrogens (tertiary/aromatic N) is 1. The van der Waals surface area contributed by atoms with E-state index in [0.717, 1.165) is 41.4 Å². The maximum absolute atomic E-state index is 2.83. The molecular formula is C32H56N+. The van der Waals surface area contributed by atoms with Gasteiger partial charge < -0.3 is 0 Å². The van der Waals surface area contributed by atoms with Crippen LogP contribution in [0.2, 0.25) is 0 Å². The van der Waals surface area contributed by atoms with Gasteiger partial charge in [0.2, 0.25) is 0 Å². The van der Waals surface area contributed by atoms with Crippen LogP contribution in [0.15, 0.2) is 0 Å². The quantitative estimate of drug-likeness (QED) is 0.365. The molecule has 1 aliphatic heterocycles. The molecule has 0 radical (unpaired) electrons. The molecule has 0 N–H and O–H groups in total. The Morgan fingerprint density at radius 1 is 0.818 bits per heavy atom. The van der Waals surface area contributed by atoms with Gasteiger partial charge in [-0.1, -0.05) is 53.9 Å². The van der Waals surface area contributed by atoms with Gasteiger partial charge >= 0.3 is 0 Å². The van der Waals surface area contributed by atoms with Gasteiger partial charge in [0.25, 0.3) is 0 Å². The molecule has 1 heterocycles. The van der Waals surface area contributed by atoms with Crippen molar-refractivity contribution in [2.75, 3.05) is 13.1 Å². The summed E-state index contributed by atoms with van der Waals surface area (Å²) in [6, 6.07) is 0. The molecular weight excluding hydrogens is 398 g/mol. The Bertz CT molecular complexity index is 712. The minimum Gasteiger partial charge on any atom is -0.237 e. The van der Waals surface area contributed by atoms with Gasteiger partial charge in [0.1, 0.15) is 13.1 Å². The lowest BCUT2D eigenvalue weighted by atomic mass is 9.44. The molecule has 0 amide bonds. The molecule has 1 saturated heterocycles. The molecule has 0 aromatic rings. The zero-order chi connectivity index (χ0) is 23.2. The van der Waals surface area contributed by atoms with Crippen molar-refractivity contribution in [1.29, 1.82) is 0 Å². The fraction of sp³-hybridized carbons (Fsp3) is 0.969. The van der Waals surface area contributed by atoms with Gasteiger partial charge in [-0.15, -0.1) is 0 Å². The van der Waals surface area contributed by atoms with Crippen molar-refractivity contribution >= 4 is 5.71 Å². The van der Waals surface area contributed by atoms with Crippen LogP contribution in [0.1, 0.15) is 131 Å². The summed E-state index contributed by atoms with van der Waals surface area (Å²) < 4.78 is 2.83. The minimum absolute atomic E-state index is 0.643. The first kappa shape index (κ1) is 24.4. The van der Waals surface area contributed by atoms with Crippen LogP contribution in [0.4, 0.5) is 0 Å². The van der Waals surface area contributed by atoms with Crippen molar-refractivity contribution in [3.8, 4) is 0 Å². The summed E-state index contributed by atoms with van der Waals surface area (Å²) in [7, 11) is 0. The van der Waals surface area contributed by atoms with Crippen molar-refractivity contribution < 1.29 is 4.58 Å². The molecule has 4 aliphatic carbocycles. The van der Waals surface area contributed by atoms with Crippen molar-refractivity contribution in [3.63, 3.8) is 0 Å². The van der Waals surface area contributed by atoms with Gasteiger partial charge in [-0.2, -0.15) is 0 Å². The molecule has 4 saturated carbocycles. The number of hydrogen-bond donors (Lipinski definition) is 0. The highest BCUT2D eigenvalue weighted by molar-refractivity contribution is 5.81. The normalized spacial score (nSPS) is 44.4. The number of rotatable bonds is 5. The number of hydrogen-bond acceptors (Lipinski definition) is 0. The number of piperidine rings is 1. The van der Waals surface area contributed by atoms with Crippen LogP contribution in [0, 0.1) is 52.3 Å². The van der Waals surface area contributed by atoms with Crippen LogP contribution >= 0.6 is 0 Å². The van der Waals surface area contributed by atoms with E-state index in [-0.39, 0.29) is 0 Å². The highest BCUT2D eigenvalue weighted by Crippen LogP contribution is 2.68. The van der Waals surface area contributed by atoms with Crippen LogP contribution in [0.25, 0.3) is 0 Å². The van der Waals surface area contributed by atoms with Gasteiger partial charge in [-0.05, 0) is 104 Å². The highest BCUT2D eigenvalue weighted by Gasteiger charge is 2.60. The Kier molecular flexibility index (Phi) is 7.10. The Hall–Kier alpha value is -0.330. The molecule has 33 heavy (non-hydrogen) atoms. The Balaban J connectivity index is 1.27. The third-order valence-corrected chi connectivity index (χ3v) is 12.5. The van der Waals surface area contributed by atoms with E-state index < -0.39 is 0 Å². The maximum Gasteiger partial charge on any atom is 0.152 e. The summed E-state index contributed by atoms with van der Waals surface area (Å²) in [6.07, 6.45) is 22.4. The minimum atomic E-state index is 0.643. The summed E-state index contributed by atoms with van der Waals surface area (Å²) in [4.78, 5) is 0. The molecule has 0 aromatic carbocycles. The highest BCUT2D eigenvalue weighted by atomic mass is 15.0. The zero-order valence-electron chi connectivity index (χ0n) is 23.0. The molecule has 1 nitrogen and oxygen atoms in total. The SMILES string of the molecule is CC(C)CCCC(C)C1CCC2C3CCC4CC(=[N+]5CCCCC5)CCC4(C)C3CCC12C. The molecule has 0 spiro atoms. The first-order valence-electron chi connectivity index (χ1n) is 15.4. The second kappa shape index (κ2) is 9.61. The summed E-state index contributed by atoms with van der Waals surface area (Å²) in [5.74, 6) is 6.94. The lowest BCUT2D eigenvalue weighted by Crippen LogP contribution is -2.54. The molecule has 8 unspecified atom stereocenters. The van der Waals surface area contributed by atoms with Crippen LogP contribution in [-0.4, -0.2) is 23.4 Å². The lowest BCUT2D eigenvalue weighted by Gasteiger charge is -2.60. The third kappa shape index (κ3) is 4.39. The summed E-state index contributed by atoms with van der Waals surface area (Å²) in [6.45, 7) is 15.7. The van der Waals surface area contributed by atoms with E-state index in [9.17, 15) is 0 Å². The van der Waals surface area contributed by atoms with Crippen LogP contribution < -0.4 is 0 Å². The Labute approximate surface area is 206 Å². The average Bonchev–Trinajstić information content (AvgIpc) is 3.16. The van der Waals surface area contributed by atoms with Crippen molar-refractivity contribution in [3.05, 3.63) is 0 Å². The molecule has 5 rings (SSSR count). The zero-order valence-corrected chi connectivity index (χ0v) is 23.0. The molecule has 188 valence electrons. The molecule has 0 aromatic heterocycles. The van der Waals surface area contributed by atoms with Crippen molar-refractivity contribution in [2.45, 2.75) is 131 Å². The first-order valence-corrected chi connectivity index (χ1v) is 15.4. The van der Waals surface area contributed by atoms with Crippen LogP contribution in [0.5, 0.6) is 0 Å². The van der Waals surface area contributed by atoms with E-state index in [2.05, 4.69) is 39.2 Å². The largest absolute Gasteiger partial charge is 0.237 e. The van der Waals surface area contributed by atoms with E-state index in [1.165, 1.54) is 77.3 Å². The maximum atomic E-state index is 2.83. The van der Waals surface area contributed by atoms with E-state index in [1.54, 1.807) is 32.1 Å². The Morgan fingerprint density at radius 2 is 1.58 bits per heavy atom. The monoisotopic (exact) mass is 454 g/mol. The predicted molar refractivity (Wildman–Crippen MR) is 142 cm³/mol. The lowest BCUT2D eigenvalue weighted by molar-refractivity contribution is -0.540. The smallest absolute Gasteiger partial charge is 0.152 e. The van der Waals surface area contributed by atoms with Crippen molar-refractivity contribution in [1.82, 2.24) is 0 Å². The van der Waals surface area contributed by atoms with Crippen LogP contribution in [-0.2, 0) is 0 Å². The topological polar surface area (TPSA) is 3.01 Å². The van der Waals surface area contributed by atoms with Gasteiger partial charge in [-0.25, -0.2) is 4.58 Å². The van der Waals surface area contributed by atoms with Gasteiger partial charge in [0.05, 0.1) is 0 Å². The van der Waals surface area contributed by atoms with Gasteiger partial charge in [-0.3, -0.25) is 0 Å². The van der Waals surface area contributed by atoms with Crippen LogP contribution in [0.3, 0.4) is 0 Å². The molecule has 0 bridgehead atoms. The Morgan fingerprint density at radius 3 is 2.33 bits per heavy atom. The average molecular weight is 455 g/mol. The molecule has 5 fully saturated rings. The molecule has 5 aliphatic rings. The van der Waals surface area contributed by atoms with Gasteiger partial charge in [0, 0.05) is 25.7 Å². The first-order chi connectivity index (χ1) is 15.8. The standard InChI is InChI=1S/C32H56N/c1-23(2)10-9-11-24(3)28-14-15-29-27-13-12-25-22-26(33-20-7-6-8-21-33)16-18-31(25,4)30(27)17-19-32(28,29)5/h23-25,27-30H,6-22H2,1-5H3/q+1. The third-order valence-electron chi connectivity index (χ3n) is 12.5. The van der Waals surface area contributed by atoms with E-state index in [4.69, 9.17) is 0 Å². The van der Waals surface area contributed by atoms with E-state index in [0.29, 0.717) is 10.8 Å². The fourth-order valence-corrected chi connectivity index (χ4v) is 10.6. The van der Waals surface area contributed by atoms with Crippen molar-refractivity contribution in [2.24, 2.45) is 52.3 Å². The van der Waals surface area contributed by atoms with Gasteiger partial charge in [0.15, 0.2) is 5.71 Å². The fourth-order valence-electron chi connectivity index (χ4n) is 10.6. The summed E-state index contributed by atoms with van der Waals surface area (Å²) >= 11 is 0. The molecule has 8 atom stereocenters. The second-order valence-corrected chi connectivity index (χ2v) is 14.5. The predicted octanol–water partition coefficient (Wildman–Crippen LogP) is 8.75. The summed E-state index contributed by atoms with van der Waals surface area (Å²) in [5, 5.41) is 0. The second-order valence-electron chi connectivity index (χ2n) is 14.5.